The maximum Gasteiger partial charge on any atom is 0.269 e. The highest BCUT2D eigenvalue weighted by Gasteiger charge is 2.70. The number of carbonyl (C=O) groups is 1. The van der Waals surface area contributed by atoms with Gasteiger partial charge in [-0.3, -0.25) is 14.9 Å². The first-order valence-corrected chi connectivity index (χ1v) is 6.64. The second-order valence-electron chi connectivity index (χ2n) is 5.71. The summed E-state index contributed by atoms with van der Waals surface area (Å²) in [5.41, 5.74) is 0.734. The fourth-order valence-electron chi connectivity index (χ4n) is 3.52. The van der Waals surface area contributed by atoms with Crippen molar-refractivity contribution in [2.24, 2.45) is 11.8 Å². The van der Waals surface area contributed by atoms with Gasteiger partial charge in [-0.05, 0) is 11.5 Å². The highest BCUT2D eigenvalue weighted by atomic mass is 16.6. The summed E-state index contributed by atoms with van der Waals surface area (Å²) < 4.78 is 0. The van der Waals surface area contributed by atoms with Crippen molar-refractivity contribution < 1.29 is 9.72 Å². The van der Waals surface area contributed by atoms with E-state index < -0.39 is 4.92 Å². The molecular weight excluding hydrogens is 256 g/mol. The van der Waals surface area contributed by atoms with E-state index in [0.717, 1.165) is 5.56 Å². The molecule has 1 heterocycles. The molecule has 2 aliphatic rings. The van der Waals surface area contributed by atoms with Gasteiger partial charge in [0.2, 0.25) is 5.91 Å². The van der Waals surface area contributed by atoms with Gasteiger partial charge in [-0.2, -0.15) is 0 Å². The van der Waals surface area contributed by atoms with Crippen molar-refractivity contribution in [1.29, 1.82) is 0 Å². The minimum atomic E-state index is -0.392. The van der Waals surface area contributed by atoms with Gasteiger partial charge in [0.05, 0.1) is 10.8 Å². The number of piperidine rings is 1. The van der Waals surface area contributed by atoms with Gasteiger partial charge < -0.3 is 4.90 Å². The minimum absolute atomic E-state index is 0.0375. The van der Waals surface area contributed by atoms with Crippen molar-refractivity contribution in [3.63, 3.8) is 0 Å². The van der Waals surface area contributed by atoms with Crippen LogP contribution in [0.5, 0.6) is 0 Å². The van der Waals surface area contributed by atoms with E-state index in [2.05, 4.69) is 6.58 Å². The molecule has 0 radical (unpaired) electrons. The van der Waals surface area contributed by atoms with E-state index >= 15 is 0 Å². The molecule has 0 bridgehead atoms. The van der Waals surface area contributed by atoms with E-state index in [0.29, 0.717) is 13.1 Å². The third-order valence-corrected chi connectivity index (χ3v) is 4.73. The molecule has 5 nitrogen and oxygen atoms in total. The minimum Gasteiger partial charge on any atom is -0.338 e. The van der Waals surface area contributed by atoms with Gasteiger partial charge in [0, 0.05) is 30.6 Å². The van der Waals surface area contributed by atoms with Crippen LogP contribution in [0.1, 0.15) is 12.5 Å². The molecule has 3 unspecified atom stereocenters. The number of nitro groups is 1. The number of nitrogens with zero attached hydrogens (tertiary/aromatic N) is 2. The Balaban J connectivity index is 1.87. The van der Waals surface area contributed by atoms with Crippen LogP contribution in [-0.4, -0.2) is 28.8 Å². The molecule has 3 rings (SSSR count). The van der Waals surface area contributed by atoms with Crippen LogP contribution in [-0.2, 0) is 10.2 Å². The molecule has 2 fully saturated rings. The van der Waals surface area contributed by atoms with Crippen LogP contribution in [0, 0.1) is 22.0 Å². The van der Waals surface area contributed by atoms with Crippen molar-refractivity contribution in [2.45, 2.75) is 12.3 Å². The van der Waals surface area contributed by atoms with Crippen molar-refractivity contribution in [2.75, 3.05) is 13.1 Å². The monoisotopic (exact) mass is 272 g/mol. The fraction of sp³-hybridized carbons (Fsp3) is 0.400. The van der Waals surface area contributed by atoms with Crippen molar-refractivity contribution in [3.05, 3.63) is 52.6 Å². The van der Waals surface area contributed by atoms with Gasteiger partial charge in [-0.15, -0.1) is 6.58 Å². The van der Waals surface area contributed by atoms with Gasteiger partial charge in [0.25, 0.3) is 5.69 Å². The zero-order valence-electron chi connectivity index (χ0n) is 11.3. The molecular formula is C15H16N2O3. The lowest BCUT2D eigenvalue weighted by molar-refractivity contribution is -0.384. The lowest BCUT2D eigenvalue weighted by Crippen LogP contribution is -2.33. The van der Waals surface area contributed by atoms with Crippen molar-refractivity contribution >= 4 is 11.6 Å². The zero-order chi connectivity index (χ0) is 14.5. The van der Waals surface area contributed by atoms with Gasteiger partial charge in [0.1, 0.15) is 0 Å². The first kappa shape index (κ1) is 12.8. The third kappa shape index (κ3) is 1.59. The summed E-state index contributed by atoms with van der Waals surface area (Å²) in [6.07, 6.45) is 1.73. The second-order valence-corrected chi connectivity index (χ2v) is 5.71. The molecule has 1 amide bonds. The van der Waals surface area contributed by atoms with Gasteiger partial charge in [-0.25, -0.2) is 0 Å². The summed E-state index contributed by atoms with van der Waals surface area (Å²) >= 11 is 0. The number of benzene rings is 1. The number of amides is 1. The van der Waals surface area contributed by atoms with Crippen LogP contribution >= 0.6 is 0 Å². The Hall–Kier alpha value is -2.17. The lowest BCUT2D eigenvalue weighted by atomic mass is 9.92. The molecule has 1 aliphatic carbocycles. The Bertz CT molecular complexity index is 613. The molecule has 1 aromatic carbocycles. The first-order valence-electron chi connectivity index (χ1n) is 6.64. The highest BCUT2D eigenvalue weighted by molar-refractivity contribution is 5.88. The van der Waals surface area contributed by atoms with E-state index in [1.54, 1.807) is 23.1 Å². The van der Waals surface area contributed by atoms with E-state index in [9.17, 15) is 14.9 Å². The van der Waals surface area contributed by atoms with Crippen LogP contribution in [0.3, 0.4) is 0 Å². The van der Waals surface area contributed by atoms with Crippen LogP contribution < -0.4 is 0 Å². The molecule has 0 spiro atoms. The number of fused-ring (bicyclic) bond motifs is 1. The number of rotatable bonds is 4. The summed E-state index contributed by atoms with van der Waals surface area (Å²) in [4.78, 5) is 24.6. The smallest absolute Gasteiger partial charge is 0.269 e. The fourth-order valence-corrected chi connectivity index (χ4v) is 3.52. The predicted molar refractivity (Wildman–Crippen MR) is 74.2 cm³/mol. The Morgan fingerprint density at radius 3 is 2.90 bits per heavy atom. The van der Waals surface area contributed by atoms with Gasteiger partial charge >= 0.3 is 0 Å². The van der Waals surface area contributed by atoms with Crippen molar-refractivity contribution in [1.82, 2.24) is 4.90 Å². The van der Waals surface area contributed by atoms with E-state index in [1.807, 2.05) is 13.0 Å². The Morgan fingerprint density at radius 1 is 1.60 bits per heavy atom. The largest absolute Gasteiger partial charge is 0.338 e. The second kappa shape index (κ2) is 4.16. The van der Waals surface area contributed by atoms with Crippen LogP contribution in [0.25, 0.3) is 0 Å². The zero-order valence-corrected chi connectivity index (χ0v) is 11.3. The standard InChI is InChI=1S/C15H16N2O3/c1-3-7-16-9-12-13(14(16)18)15(12,2)10-5-4-6-11(8-10)17(19)20/h3-6,8,12-13H,1,7,9H2,2H3. The number of hydrogen-bond acceptors (Lipinski definition) is 3. The molecule has 1 aliphatic heterocycles. The number of carbonyl (C=O) groups excluding carboxylic acids is 1. The molecule has 1 saturated heterocycles. The topological polar surface area (TPSA) is 63.5 Å². The average molecular weight is 272 g/mol. The Labute approximate surface area is 117 Å². The first-order chi connectivity index (χ1) is 9.50. The maximum absolute atomic E-state index is 12.3. The van der Waals surface area contributed by atoms with E-state index in [1.165, 1.54) is 6.07 Å². The maximum atomic E-state index is 12.3. The van der Waals surface area contributed by atoms with E-state index in [4.69, 9.17) is 0 Å². The summed E-state index contributed by atoms with van der Waals surface area (Å²) in [5, 5.41) is 10.9. The number of nitro benzene ring substituents is 1. The van der Waals surface area contributed by atoms with Crippen molar-refractivity contribution in [3.8, 4) is 0 Å². The Kier molecular flexibility index (Phi) is 2.67. The number of hydrogen-bond donors (Lipinski definition) is 0. The Morgan fingerprint density at radius 2 is 2.35 bits per heavy atom. The lowest BCUT2D eigenvalue weighted by Gasteiger charge is -2.23. The summed E-state index contributed by atoms with van der Waals surface area (Å²) in [7, 11) is 0. The molecule has 20 heavy (non-hydrogen) atoms. The molecule has 104 valence electrons. The number of likely N-dealkylation sites (tertiary alicyclic amines) is 1. The predicted octanol–water partition coefficient (Wildman–Crippen LogP) is 2.13. The summed E-state index contributed by atoms with van der Waals surface area (Å²) in [5.74, 6) is 0.366. The molecule has 0 N–H and O–H groups in total. The van der Waals surface area contributed by atoms with Gasteiger partial charge in [0.15, 0.2) is 0 Å². The molecule has 1 aromatic rings. The molecule has 5 heteroatoms. The molecule has 3 atom stereocenters. The highest BCUT2D eigenvalue weighted by Crippen LogP contribution is 2.64. The summed E-state index contributed by atoms with van der Waals surface area (Å²) in [6, 6.07) is 6.66. The normalized spacial score (nSPS) is 31.1. The van der Waals surface area contributed by atoms with Gasteiger partial charge in [-0.1, -0.05) is 25.1 Å². The SMILES string of the molecule is C=CCN1CC2C(C1=O)C2(C)c1cccc([N+](=O)[O-])c1. The van der Waals surface area contributed by atoms with Crippen LogP contribution in [0.2, 0.25) is 0 Å². The van der Waals surface area contributed by atoms with Crippen LogP contribution in [0.4, 0.5) is 5.69 Å². The molecule has 0 aromatic heterocycles. The average Bonchev–Trinajstić information content (AvgIpc) is 2.88. The quantitative estimate of drug-likeness (QED) is 0.479. The van der Waals surface area contributed by atoms with E-state index in [-0.39, 0.29) is 28.8 Å². The number of non-ortho nitro benzene ring substituents is 1. The third-order valence-electron chi connectivity index (χ3n) is 4.73. The molecule has 1 saturated carbocycles. The summed E-state index contributed by atoms with van der Waals surface area (Å²) in [6.45, 7) is 6.98. The van der Waals surface area contributed by atoms with Crippen LogP contribution in [0.15, 0.2) is 36.9 Å².